The fourth-order valence-electron chi connectivity index (χ4n) is 2.68. The molecule has 0 saturated carbocycles. The summed E-state index contributed by atoms with van der Waals surface area (Å²) in [6.45, 7) is 3.83. The number of nitrogens with zero attached hydrogens (tertiary/aromatic N) is 2. The Morgan fingerprint density at radius 2 is 1.97 bits per heavy atom. The maximum Gasteiger partial charge on any atom is 0.273 e. The number of H-pyrrole nitrogens is 1. The summed E-state index contributed by atoms with van der Waals surface area (Å²) in [6.07, 6.45) is 3.12. The van der Waals surface area contributed by atoms with Gasteiger partial charge in [0.25, 0.3) is 5.56 Å². The number of hydrogen-bond acceptors (Lipinski definition) is 7. The van der Waals surface area contributed by atoms with E-state index in [1.807, 2.05) is 0 Å². The lowest BCUT2D eigenvalue weighted by Gasteiger charge is -2.11. The maximum atomic E-state index is 12.4. The zero-order valence-corrected chi connectivity index (χ0v) is 17.8. The number of carbonyl (C=O) groups excluding carboxylic acids is 1. The first-order valence-electron chi connectivity index (χ1n) is 10.1. The molecule has 0 atom stereocenters. The van der Waals surface area contributed by atoms with Crippen LogP contribution in [0.15, 0.2) is 23.0 Å². The zero-order valence-electron chi connectivity index (χ0n) is 17.8. The van der Waals surface area contributed by atoms with E-state index in [0.717, 1.165) is 19.3 Å². The highest BCUT2D eigenvalue weighted by atomic mass is 16.5. The van der Waals surface area contributed by atoms with Gasteiger partial charge >= 0.3 is 0 Å². The van der Waals surface area contributed by atoms with Gasteiger partial charge < -0.3 is 24.5 Å². The molecule has 2 N–H and O–H groups in total. The summed E-state index contributed by atoms with van der Waals surface area (Å²) in [6, 6.07) is 5.32. The van der Waals surface area contributed by atoms with Gasteiger partial charge in [-0.2, -0.15) is 0 Å². The Hall–Kier alpha value is -2.94. The Morgan fingerprint density at radius 1 is 1.13 bits per heavy atom. The molecule has 1 aromatic heterocycles. The minimum atomic E-state index is -0.366. The molecular formula is C21H30N4O5. The van der Waals surface area contributed by atoms with Gasteiger partial charge in [-0.15, -0.1) is 10.2 Å². The number of benzene rings is 1. The molecule has 0 fully saturated rings. The van der Waals surface area contributed by atoms with Crippen molar-refractivity contribution in [2.24, 2.45) is 0 Å². The van der Waals surface area contributed by atoms with E-state index < -0.39 is 0 Å². The van der Waals surface area contributed by atoms with Crippen LogP contribution in [0.25, 0.3) is 11.4 Å². The minimum absolute atomic E-state index is 0.139. The summed E-state index contributed by atoms with van der Waals surface area (Å²) < 4.78 is 16.0. The van der Waals surface area contributed by atoms with E-state index in [2.05, 4.69) is 27.4 Å². The number of amides is 1. The molecule has 2 rings (SSSR count). The molecule has 0 saturated heterocycles. The van der Waals surface area contributed by atoms with Gasteiger partial charge in [0.05, 0.1) is 13.7 Å². The average Bonchev–Trinajstić information content (AvgIpc) is 2.76. The predicted octanol–water partition coefficient (Wildman–Crippen LogP) is 2.10. The molecule has 0 aliphatic rings. The molecule has 0 unspecified atom stereocenters. The Bertz CT molecular complexity index is 869. The molecule has 0 bridgehead atoms. The quantitative estimate of drug-likeness (QED) is 0.479. The van der Waals surface area contributed by atoms with Crippen LogP contribution in [0.2, 0.25) is 0 Å². The van der Waals surface area contributed by atoms with Gasteiger partial charge in [0.1, 0.15) is 5.69 Å². The number of aryl methyl sites for hydroxylation is 1. The van der Waals surface area contributed by atoms with Gasteiger partial charge in [0.15, 0.2) is 17.3 Å². The Kier molecular flexibility index (Phi) is 9.79. The van der Waals surface area contributed by atoms with Crippen molar-refractivity contribution in [3.8, 4) is 22.9 Å². The first-order chi connectivity index (χ1) is 14.6. The Labute approximate surface area is 176 Å². The SMILES string of the molecule is CCCCOc1ccc(-c2nnc(CCC(=O)NCCCOC)c(=O)[nH]2)cc1OC. The van der Waals surface area contributed by atoms with Gasteiger partial charge in [0, 0.05) is 38.7 Å². The maximum absolute atomic E-state index is 12.4. The second-order valence-electron chi connectivity index (χ2n) is 6.71. The topological polar surface area (TPSA) is 115 Å². The van der Waals surface area contributed by atoms with Crippen LogP contribution in [-0.4, -0.2) is 55.1 Å². The summed E-state index contributed by atoms with van der Waals surface area (Å²) in [5.74, 6) is 1.38. The fraction of sp³-hybridized carbons (Fsp3) is 0.524. The molecule has 0 aliphatic heterocycles. The number of ether oxygens (including phenoxy) is 3. The highest BCUT2D eigenvalue weighted by Crippen LogP contribution is 2.31. The van der Waals surface area contributed by atoms with Gasteiger partial charge in [-0.3, -0.25) is 9.59 Å². The van der Waals surface area contributed by atoms with Crippen molar-refractivity contribution in [3.63, 3.8) is 0 Å². The summed E-state index contributed by atoms with van der Waals surface area (Å²) in [5.41, 5.74) is 0.508. The van der Waals surface area contributed by atoms with Gasteiger partial charge in [-0.05, 0) is 31.0 Å². The molecule has 0 spiro atoms. The van der Waals surface area contributed by atoms with Crippen LogP contribution < -0.4 is 20.3 Å². The predicted molar refractivity (Wildman–Crippen MR) is 113 cm³/mol. The van der Waals surface area contributed by atoms with Gasteiger partial charge in [0.2, 0.25) is 5.91 Å². The third kappa shape index (κ3) is 7.14. The fourth-order valence-corrected chi connectivity index (χ4v) is 2.68. The number of rotatable bonds is 13. The van der Waals surface area contributed by atoms with Crippen molar-refractivity contribution >= 4 is 5.91 Å². The second kappa shape index (κ2) is 12.6. The van der Waals surface area contributed by atoms with Crippen molar-refractivity contribution in [2.75, 3.05) is 34.0 Å². The van der Waals surface area contributed by atoms with Gasteiger partial charge in [-0.25, -0.2) is 0 Å². The lowest BCUT2D eigenvalue weighted by molar-refractivity contribution is -0.121. The molecule has 9 nitrogen and oxygen atoms in total. The molecule has 164 valence electrons. The van der Waals surface area contributed by atoms with Crippen LogP contribution in [0.5, 0.6) is 11.5 Å². The van der Waals surface area contributed by atoms with E-state index in [1.54, 1.807) is 32.4 Å². The number of aromatic nitrogens is 3. The molecule has 0 aliphatic carbocycles. The summed E-state index contributed by atoms with van der Waals surface area (Å²) in [4.78, 5) is 26.9. The number of methoxy groups -OCH3 is 2. The first kappa shape index (κ1) is 23.3. The number of hydrogen-bond donors (Lipinski definition) is 2. The van der Waals surface area contributed by atoms with Crippen molar-refractivity contribution in [2.45, 2.75) is 39.0 Å². The lowest BCUT2D eigenvalue weighted by Crippen LogP contribution is -2.27. The van der Waals surface area contributed by atoms with Crippen LogP contribution in [0, 0.1) is 0 Å². The average molecular weight is 418 g/mol. The summed E-state index contributed by atoms with van der Waals surface area (Å²) in [7, 11) is 3.17. The number of carbonyl (C=O) groups is 1. The smallest absolute Gasteiger partial charge is 0.273 e. The first-order valence-corrected chi connectivity index (χ1v) is 10.1. The number of unbranched alkanes of at least 4 members (excludes halogenated alkanes) is 1. The standard InChI is InChI=1S/C21H30N4O5/c1-4-5-13-30-17-9-7-15(14-18(17)29-3)20-23-21(27)16(24-25-20)8-10-19(26)22-11-6-12-28-2/h7,9,14H,4-6,8,10-13H2,1-3H3,(H,22,26)(H,23,25,27). The third-order valence-electron chi connectivity index (χ3n) is 4.39. The van der Waals surface area contributed by atoms with E-state index in [9.17, 15) is 9.59 Å². The third-order valence-corrected chi connectivity index (χ3v) is 4.39. The number of aromatic amines is 1. The molecular weight excluding hydrogens is 388 g/mol. The second-order valence-corrected chi connectivity index (χ2v) is 6.71. The zero-order chi connectivity index (χ0) is 21.8. The van der Waals surface area contributed by atoms with Crippen LogP contribution in [0.1, 0.15) is 38.3 Å². The summed E-state index contributed by atoms with van der Waals surface area (Å²) in [5, 5.41) is 10.9. The molecule has 1 amide bonds. The Balaban J connectivity index is 2.00. The molecule has 9 heteroatoms. The summed E-state index contributed by atoms with van der Waals surface area (Å²) >= 11 is 0. The van der Waals surface area contributed by atoms with Crippen molar-refractivity contribution < 1.29 is 19.0 Å². The van der Waals surface area contributed by atoms with Gasteiger partial charge in [-0.1, -0.05) is 13.3 Å². The van der Waals surface area contributed by atoms with E-state index in [4.69, 9.17) is 14.2 Å². The normalized spacial score (nSPS) is 10.6. The van der Waals surface area contributed by atoms with Crippen molar-refractivity contribution in [1.82, 2.24) is 20.5 Å². The van der Waals surface area contributed by atoms with Crippen molar-refractivity contribution in [3.05, 3.63) is 34.2 Å². The van der Waals surface area contributed by atoms with E-state index in [0.29, 0.717) is 42.6 Å². The van der Waals surface area contributed by atoms with Crippen LogP contribution in [0.3, 0.4) is 0 Å². The molecule has 1 aromatic carbocycles. The highest BCUT2D eigenvalue weighted by Gasteiger charge is 2.12. The monoisotopic (exact) mass is 418 g/mol. The lowest BCUT2D eigenvalue weighted by atomic mass is 10.2. The van der Waals surface area contributed by atoms with E-state index >= 15 is 0 Å². The van der Waals surface area contributed by atoms with Crippen LogP contribution in [0.4, 0.5) is 0 Å². The largest absolute Gasteiger partial charge is 0.493 e. The molecule has 2 aromatic rings. The molecule has 1 heterocycles. The van der Waals surface area contributed by atoms with E-state index in [-0.39, 0.29) is 30.0 Å². The van der Waals surface area contributed by atoms with Crippen LogP contribution >= 0.6 is 0 Å². The highest BCUT2D eigenvalue weighted by molar-refractivity contribution is 5.76. The van der Waals surface area contributed by atoms with Crippen LogP contribution in [-0.2, 0) is 16.0 Å². The number of nitrogens with one attached hydrogen (secondary N) is 2. The molecule has 0 radical (unpaired) electrons. The van der Waals surface area contributed by atoms with Crippen molar-refractivity contribution in [1.29, 1.82) is 0 Å². The van der Waals surface area contributed by atoms with E-state index in [1.165, 1.54) is 0 Å². The minimum Gasteiger partial charge on any atom is -0.493 e. The molecule has 30 heavy (non-hydrogen) atoms. The Morgan fingerprint density at radius 3 is 2.67 bits per heavy atom.